The summed E-state index contributed by atoms with van der Waals surface area (Å²) in [6.07, 6.45) is 5.27. The van der Waals surface area contributed by atoms with E-state index in [1.54, 1.807) is 14.2 Å². The van der Waals surface area contributed by atoms with Crippen molar-refractivity contribution in [1.29, 1.82) is 0 Å². The molecule has 1 atom stereocenters. The number of aromatic nitrogens is 3. The van der Waals surface area contributed by atoms with Gasteiger partial charge in [0.05, 0.1) is 13.2 Å². The van der Waals surface area contributed by atoms with Gasteiger partial charge in [-0.3, -0.25) is 14.3 Å². The maximum Gasteiger partial charge on any atom is 0.191 e. The lowest BCUT2D eigenvalue weighted by atomic mass is 10.1. The van der Waals surface area contributed by atoms with Crippen molar-refractivity contribution in [3.8, 4) is 5.75 Å². The SMILES string of the molecule is CN=C(NCCc1nnc2ccccn12)NCC(c1ccc(OC)cc1)N1CCCC1.I. The van der Waals surface area contributed by atoms with Gasteiger partial charge in [0.15, 0.2) is 11.6 Å². The summed E-state index contributed by atoms with van der Waals surface area (Å²) in [6, 6.07) is 14.6. The fourth-order valence-electron chi connectivity index (χ4n) is 4.11. The molecular formula is C23H32IN7O. The molecule has 1 fully saturated rings. The Hall–Kier alpha value is -2.40. The van der Waals surface area contributed by atoms with Crippen LogP contribution in [0.25, 0.3) is 5.65 Å². The fraction of sp³-hybridized carbons (Fsp3) is 0.435. The predicted octanol–water partition coefficient (Wildman–Crippen LogP) is 2.90. The van der Waals surface area contributed by atoms with Crippen LogP contribution in [0.2, 0.25) is 0 Å². The molecule has 4 rings (SSSR count). The standard InChI is InChI=1S/C23H31N7O.HI/c1-24-23(25-13-12-22-28-27-21-7-3-4-16-30(21)22)26-17-20(29-14-5-6-15-29)18-8-10-19(31-2)11-9-18;/h3-4,7-11,16,20H,5-6,12-15,17H2,1-2H3,(H2,24,25,26);1H. The van der Waals surface area contributed by atoms with Crippen LogP contribution in [0, 0.1) is 0 Å². The van der Waals surface area contributed by atoms with Crippen molar-refractivity contribution in [2.24, 2.45) is 4.99 Å². The number of hydrogen-bond acceptors (Lipinski definition) is 5. The zero-order chi connectivity index (χ0) is 21.5. The van der Waals surface area contributed by atoms with Crippen molar-refractivity contribution < 1.29 is 4.74 Å². The van der Waals surface area contributed by atoms with E-state index in [4.69, 9.17) is 4.74 Å². The normalized spacial score (nSPS) is 15.4. The van der Waals surface area contributed by atoms with E-state index < -0.39 is 0 Å². The molecular weight excluding hydrogens is 517 g/mol. The quantitative estimate of drug-likeness (QED) is 0.256. The number of nitrogens with one attached hydrogen (secondary N) is 2. The Morgan fingerprint density at radius 1 is 1.09 bits per heavy atom. The van der Waals surface area contributed by atoms with Crippen LogP contribution in [0.15, 0.2) is 53.7 Å². The molecule has 0 radical (unpaired) electrons. The fourth-order valence-corrected chi connectivity index (χ4v) is 4.11. The average molecular weight is 549 g/mol. The summed E-state index contributed by atoms with van der Waals surface area (Å²) in [6.45, 7) is 3.78. The molecule has 2 N–H and O–H groups in total. The minimum absolute atomic E-state index is 0. The largest absolute Gasteiger partial charge is 0.497 e. The number of halogens is 1. The Bertz CT molecular complexity index is 999. The number of hydrogen-bond donors (Lipinski definition) is 2. The molecule has 1 aliphatic rings. The highest BCUT2D eigenvalue weighted by molar-refractivity contribution is 14.0. The lowest BCUT2D eigenvalue weighted by Crippen LogP contribution is -2.43. The summed E-state index contributed by atoms with van der Waals surface area (Å²) in [4.78, 5) is 6.95. The molecule has 0 aliphatic carbocycles. The maximum absolute atomic E-state index is 5.32. The van der Waals surface area contributed by atoms with Crippen LogP contribution >= 0.6 is 24.0 Å². The minimum Gasteiger partial charge on any atom is -0.497 e. The molecule has 0 saturated carbocycles. The first-order valence-electron chi connectivity index (χ1n) is 10.9. The zero-order valence-electron chi connectivity index (χ0n) is 18.7. The van der Waals surface area contributed by atoms with Crippen LogP contribution in [-0.4, -0.2) is 65.8 Å². The van der Waals surface area contributed by atoms with Crippen LogP contribution in [-0.2, 0) is 6.42 Å². The van der Waals surface area contributed by atoms with Gasteiger partial charge in [-0.15, -0.1) is 34.2 Å². The molecule has 8 nitrogen and oxygen atoms in total. The lowest BCUT2D eigenvalue weighted by molar-refractivity contribution is 0.245. The molecule has 9 heteroatoms. The van der Waals surface area contributed by atoms with Crippen LogP contribution in [0.1, 0.15) is 30.3 Å². The van der Waals surface area contributed by atoms with E-state index in [1.165, 1.54) is 18.4 Å². The third kappa shape index (κ3) is 5.89. The molecule has 172 valence electrons. The highest BCUT2D eigenvalue weighted by Gasteiger charge is 2.23. The Balaban J connectivity index is 0.00000289. The number of fused-ring (bicyclic) bond motifs is 1. The van der Waals surface area contributed by atoms with Gasteiger partial charge in [0, 0.05) is 32.8 Å². The highest BCUT2D eigenvalue weighted by atomic mass is 127. The number of pyridine rings is 1. The number of nitrogens with zero attached hydrogens (tertiary/aromatic N) is 5. The number of methoxy groups -OCH3 is 1. The van der Waals surface area contributed by atoms with Gasteiger partial charge < -0.3 is 15.4 Å². The van der Waals surface area contributed by atoms with Crippen molar-refractivity contribution >= 4 is 35.6 Å². The lowest BCUT2D eigenvalue weighted by Gasteiger charge is -2.29. The molecule has 2 aromatic heterocycles. The first-order chi connectivity index (χ1) is 15.3. The first-order valence-corrected chi connectivity index (χ1v) is 10.9. The van der Waals surface area contributed by atoms with E-state index >= 15 is 0 Å². The van der Waals surface area contributed by atoms with Gasteiger partial charge in [-0.05, 0) is 55.8 Å². The zero-order valence-corrected chi connectivity index (χ0v) is 21.0. The topological polar surface area (TPSA) is 79.1 Å². The molecule has 0 amide bonds. The summed E-state index contributed by atoms with van der Waals surface area (Å²) in [5.74, 6) is 2.62. The van der Waals surface area contributed by atoms with Crippen molar-refractivity contribution in [3.05, 3.63) is 60.0 Å². The molecule has 1 unspecified atom stereocenters. The van der Waals surface area contributed by atoms with Gasteiger partial charge >= 0.3 is 0 Å². The summed E-state index contributed by atoms with van der Waals surface area (Å²) < 4.78 is 7.34. The smallest absolute Gasteiger partial charge is 0.191 e. The second-order valence-corrected chi connectivity index (χ2v) is 7.71. The minimum atomic E-state index is 0. The maximum atomic E-state index is 5.32. The van der Waals surface area contributed by atoms with Crippen molar-refractivity contribution in [2.45, 2.75) is 25.3 Å². The van der Waals surface area contributed by atoms with Gasteiger partial charge in [-0.2, -0.15) is 0 Å². The number of rotatable bonds is 8. The molecule has 1 saturated heterocycles. The molecule has 1 aromatic carbocycles. The predicted molar refractivity (Wildman–Crippen MR) is 138 cm³/mol. The average Bonchev–Trinajstić information content (AvgIpc) is 3.49. The number of guanidine groups is 1. The van der Waals surface area contributed by atoms with Crippen LogP contribution in [0.4, 0.5) is 0 Å². The van der Waals surface area contributed by atoms with E-state index in [1.807, 2.05) is 40.9 Å². The third-order valence-electron chi connectivity index (χ3n) is 5.79. The molecule has 1 aliphatic heterocycles. The molecule has 32 heavy (non-hydrogen) atoms. The summed E-state index contributed by atoms with van der Waals surface area (Å²) >= 11 is 0. The Labute approximate surface area is 206 Å². The van der Waals surface area contributed by atoms with Gasteiger partial charge in [0.2, 0.25) is 0 Å². The molecule has 0 bridgehead atoms. The number of aliphatic imine (C=N–C) groups is 1. The monoisotopic (exact) mass is 549 g/mol. The van der Waals surface area contributed by atoms with Gasteiger partial charge in [-0.25, -0.2) is 0 Å². The Morgan fingerprint density at radius 2 is 1.88 bits per heavy atom. The summed E-state index contributed by atoms with van der Waals surface area (Å²) in [5.41, 5.74) is 2.16. The van der Waals surface area contributed by atoms with Crippen molar-refractivity contribution in [3.63, 3.8) is 0 Å². The van der Waals surface area contributed by atoms with Crippen molar-refractivity contribution in [2.75, 3.05) is 40.3 Å². The summed E-state index contributed by atoms with van der Waals surface area (Å²) in [7, 11) is 3.51. The summed E-state index contributed by atoms with van der Waals surface area (Å²) in [5, 5.41) is 15.4. The number of likely N-dealkylation sites (tertiary alicyclic amines) is 1. The van der Waals surface area contributed by atoms with E-state index in [9.17, 15) is 0 Å². The van der Waals surface area contributed by atoms with Gasteiger partial charge in [0.1, 0.15) is 11.6 Å². The van der Waals surface area contributed by atoms with Crippen LogP contribution in [0.3, 0.4) is 0 Å². The number of benzene rings is 1. The van der Waals surface area contributed by atoms with E-state index in [2.05, 4.69) is 42.9 Å². The highest BCUT2D eigenvalue weighted by Crippen LogP contribution is 2.26. The van der Waals surface area contributed by atoms with Gasteiger partial charge in [-0.1, -0.05) is 18.2 Å². The second kappa shape index (κ2) is 12.0. The first kappa shape index (κ1) is 24.2. The molecule has 3 aromatic rings. The van der Waals surface area contributed by atoms with Crippen LogP contribution in [0.5, 0.6) is 5.75 Å². The van der Waals surface area contributed by atoms with E-state index in [0.717, 1.165) is 55.8 Å². The molecule has 0 spiro atoms. The van der Waals surface area contributed by atoms with Gasteiger partial charge in [0.25, 0.3) is 0 Å². The second-order valence-electron chi connectivity index (χ2n) is 7.71. The van der Waals surface area contributed by atoms with Crippen LogP contribution < -0.4 is 15.4 Å². The Kier molecular flexibility index (Phi) is 9.10. The Morgan fingerprint density at radius 3 is 2.59 bits per heavy atom. The molecule has 3 heterocycles. The number of ether oxygens (including phenoxy) is 1. The van der Waals surface area contributed by atoms with Crippen molar-refractivity contribution in [1.82, 2.24) is 30.1 Å². The van der Waals surface area contributed by atoms with E-state index in [0.29, 0.717) is 6.04 Å². The van der Waals surface area contributed by atoms with E-state index in [-0.39, 0.29) is 24.0 Å². The third-order valence-corrected chi connectivity index (χ3v) is 5.79.